The van der Waals surface area contributed by atoms with Crippen LogP contribution in [0.2, 0.25) is 0 Å². The Morgan fingerprint density at radius 1 is 0.931 bits per heavy atom. The third-order valence-corrected chi connectivity index (χ3v) is 6.27. The van der Waals surface area contributed by atoms with Gasteiger partial charge >= 0.3 is 0 Å². The lowest BCUT2D eigenvalue weighted by atomic mass is 9.98. The number of carbonyl (C=O) groups is 2. The molecule has 3 heterocycles. The number of ether oxygens (including phenoxy) is 2. The SMILES string of the molecule is O=C(c1ccc(OCC2CCCN(C(=O)C3CCCO3)C2)cc1)N1CCCCC1. The second-order valence-electron chi connectivity index (χ2n) is 8.48. The van der Waals surface area contributed by atoms with Crippen LogP contribution in [0.4, 0.5) is 0 Å². The monoisotopic (exact) mass is 400 g/mol. The highest BCUT2D eigenvalue weighted by Gasteiger charge is 2.31. The van der Waals surface area contributed by atoms with E-state index in [1.54, 1.807) is 0 Å². The Kier molecular flexibility index (Phi) is 6.70. The summed E-state index contributed by atoms with van der Waals surface area (Å²) in [6.07, 6.45) is 7.08. The quantitative estimate of drug-likeness (QED) is 0.762. The minimum atomic E-state index is -0.236. The van der Waals surface area contributed by atoms with E-state index in [1.165, 1.54) is 6.42 Å². The van der Waals surface area contributed by atoms with Crippen LogP contribution in [-0.4, -0.2) is 67.1 Å². The van der Waals surface area contributed by atoms with Crippen molar-refractivity contribution in [2.45, 2.75) is 51.0 Å². The molecule has 4 rings (SSSR count). The molecule has 0 N–H and O–H groups in total. The lowest BCUT2D eigenvalue weighted by Crippen LogP contribution is -2.45. The largest absolute Gasteiger partial charge is 0.493 e. The van der Waals surface area contributed by atoms with Crippen molar-refractivity contribution in [3.8, 4) is 5.75 Å². The van der Waals surface area contributed by atoms with Crippen LogP contribution in [-0.2, 0) is 9.53 Å². The Labute approximate surface area is 173 Å². The number of carbonyl (C=O) groups excluding carboxylic acids is 2. The van der Waals surface area contributed by atoms with Crippen LogP contribution in [0, 0.1) is 5.92 Å². The van der Waals surface area contributed by atoms with Crippen LogP contribution in [0.15, 0.2) is 24.3 Å². The Balaban J connectivity index is 1.26. The maximum atomic E-state index is 12.6. The summed E-state index contributed by atoms with van der Waals surface area (Å²) in [5, 5.41) is 0. The van der Waals surface area contributed by atoms with Crippen molar-refractivity contribution >= 4 is 11.8 Å². The molecule has 0 spiro atoms. The Morgan fingerprint density at radius 3 is 2.41 bits per heavy atom. The van der Waals surface area contributed by atoms with Gasteiger partial charge in [-0.2, -0.15) is 0 Å². The zero-order valence-electron chi connectivity index (χ0n) is 17.2. The Bertz CT molecular complexity index is 693. The van der Waals surface area contributed by atoms with Gasteiger partial charge in [0.2, 0.25) is 0 Å². The molecular formula is C23H32N2O4. The first kappa shape index (κ1) is 20.2. The molecule has 1 aromatic rings. The van der Waals surface area contributed by atoms with Gasteiger partial charge in [-0.1, -0.05) is 0 Å². The van der Waals surface area contributed by atoms with Crippen molar-refractivity contribution in [1.82, 2.24) is 9.80 Å². The van der Waals surface area contributed by atoms with E-state index < -0.39 is 0 Å². The zero-order valence-corrected chi connectivity index (χ0v) is 17.2. The summed E-state index contributed by atoms with van der Waals surface area (Å²) < 4.78 is 11.5. The Hall–Kier alpha value is -2.08. The Morgan fingerprint density at radius 2 is 1.69 bits per heavy atom. The van der Waals surface area contributed by atoms with Crippen LogP contribution in [0.5, 0.6) is 5.75 Å². The molecule has 3 fully saturated rings. The van der Waals surface area contributed by atoms with E-state index in [1.807, 2.05) is 34.1 Å². The molecule has 3 aliphatic heterocycles. The van der Waals surface area contributed by atoms with Crippen molar-refractivity contribution in [1.29, 1.82) is 0 Å². The average Bonchev–Trinajstić information content (AvgIpc) is 3.33. The summed E-state index contributed by atoms with van der Waals surface area (Å²) in [5.74, 6) is 1.38. The number of piperidine rings is 2. The van der Waals surface area contributed by atoms with Crippen LogP contribution in [0.1, 0.15) is 55.3 Å². The molecule has 0 aromatic heterocycles. The van der Waals surface area contributed by atoms with Gasteiger partial charge < -0.3 is 19.3 Å². The van der Waals surface area contributed by atoms with E-state index in [2.05, 4.69) is 0 Å². The fourth-order valence-corrected chi connectivity index (χ4v) is 4.56. The summed E-state index contributed by atoms with van der Waals surface area (Å²) >= 11 is 0. The van der Waals surface area contributed by atoms with Gasteiger partial charge in [0, 0.05) is 44.3 Å². The molecule has 0 aliphatic carbocycles. The summed E-state index contributed by atoms with van der Waals surface area (Å²) in [4.78, 5) is 29.0. The molecule has 2 amide bonds. The maximum absolute atomic E-state index is 12.6. The summed E-state index contributed by atoms with van der Waals surface area (Å²) in [5.41, 5.74) is 0.727. The first-order chi connectivity index (χ1) is 14.2. The first-order valence-corrected chi connectivity index (χ1v) is 11.1. The molecule has 6 heteroatoms. The molecule has 0 bridgehead atoms. The topological polar surface area (TPSA) is 59.1 Å². The van der Waals surface area contributed by atoms with E-state index >= 15 is 0 Å². The lowest BCUT2D eigenvalue weighted by Gasteiger charge is -2.34. The van der Waals surface area contributed by atoms with E-state index in [-0.39, 0.29) is 17.9 Å². The van der Waals surface area contributed by atoms with Crippen LogP contribution >= 0.6 is 0 Å². The van der Waals surface area contributed by atoms with Gasteiger partial charge in [0.15, 0.2) is 0 Å². The molecule has 0 saturated carbocycles. The zero-order chi connectivity index (χ0) is 20.1. The van der Waals surface area contributed by atoms with Gasteiger partial charge in [0.05, 0.1) is 6.61 Å². The molecule has 0 radical (unpaired) electrons. The smallest absolute Gasteiger partial charge is 0.253 e. The van der Waals surface area contributed by atoms with Gasteiger partial charge in [0.25, 0.3) is 11.8 Å². The van der Waals surface area contributed by atoms with Gasteiger partial charge in [0.1, 0.15) is 11.9 Å². The number of amides is 2. The minimum absolute atomic E-state index is 0.117. The molecule has 1 aromatic carbocycles. The predicted octanol–water partition coefficient (Wildman–Crippen LogP) is 3.11. The second-order valence-corrected chi connectivity index (χ2v) is 8.48. The number of benzene rings is 1. The number of rotatable bonds is 5. The van der Waals surface area contributed by atoms with Crippen molar-refractivity contribution in [3.63, 3.8) is 0 Å². The molecule has 2 unspecified atom stereocenters. The summed E-state index contributed by atoms with van der Waals surface area (Å²) in [7, 11) is 0. The molecule has 3 saturated heterocycles. The predicted molar refractivity (Wildman–Crippen MR) is 110 cm³/mol. The van der Waals surface area contributed by atoms with Crippen LogP contribution in [0.3, 0.4) is 0 Å². The molecular weight excluding hydrogens is 368 g/mol. The van der Waals surface area contributed by atoms with Gasteiger partial charge in [-0.05, 0) is 69.2 Å². The highest BCUT2D eigenvalue weighted by molar-refractivity contribution is 5.94. The number of nitrogens with zero attached hydrogens (tertiary/aromatic N) is 2. The van der Waals surface area contributed by atoms with Crippen molar-refractivity contribution in [2.24, 2.45) is 5.92 Å². The highest BCUT2D eigenvalue weighted by atomic mass is 16.5. The summed E-state index contributed by atoms with van der Waals surface area (Å²) in [6.45, 7) is 4.58. The normalized spacial score (nSPS) is 25.1. The van der Waals surface area contributed by atoms with Crippen molar-refractivity contribution in [2.75, 3.05) is 39.4 Å². The van der Waals surface area contributed by atoms with E-state index in [0.717, 1.165) is 76.0 Å². The van der Waals surface area contributed by atoms with Crippen LogP contribution < -0.4 is 4.74 Å². The molecule has 3 aliphatic rings. The molecule has 6 nitrogen and oxygen atoms in total. The second kappa shape index (κ2) is 9.61. The molecule has 158 valence electrons. The third kappa shape index (κ3) is 5.10. The van der Waals surface area contributed by atoms with Crippen LogP contribution in [0.25, 0.3) is 0 Å². The number of hydrogen-bond donors (Lipinski definition) is 0. The van der Waals surface area contributed by atoms with Gasteiger partial charge in [-0.25, -0.2) is 0 Å². The van der Waals surface area contributed by atoms with Gasteiger partial charge in [-0.15, -0.1) is 0 Å². The molecule has 2 atom stereocenters. The number of hydrogen-bond acceptors (Lipinski definition) is 4. The van der Waals surface area contributed by atoms with Gasteiger partial charge in [-0.3, -0.25) is 9.59 Å². The minimum Gasteiger partial charge on any atom is -0.493 e. The number of likely N-dealkylation sites (tertiary alicyclic amines) is 2. The van der Waals surface area contributed by atoms with E-state index in [9.17, 15) is 9.59 Å². The lowest BCUT2D eigenvalue weighted by molar-refractivity contribution is -0.143. The fraction of sp³-hybridized carbons (Fsp3) is 0.652. The maximum Gasteiger partial charge on any atom is 0.253 e. The molecule has 29 heavy (non-hydrogen) atoms. The highest BCUT2D eigenvalue weighted by Crippen LogP contribution is 2.23. The van der Waals surface area contributed by atoms with E-state index in [4.69, 9.17) is 9.47 Å². The van der Waals surface area contributed by atoms with E-state index in [0.29, 0.717) is 19.1 Å². The first-order valence-electron chi connectivity index (χ1n) is 11.1. The van der Waals surface area contributed by atoms with Crippen molar-refractivity contribution < 1.29 is 19.1 Å². The van der Waals surface area contributed by atoms with Crippen molar-refractivity contribution in [3.05, 3.63) is 29.8 Å². The fourth-order valence-electron chi connectivity index (χ4n) is 4.56. The standard InChI is InChI=1S/C23H32N2O4/c26-22(24-12-2-1-3-13-24)19-8-10-20(11-9-19)29-17-18-6-4-14-25(16-18)23(27)21-7-5-15-28-21/h8-11,18,21H,1-7,12-17H2. The summed E-state index contributed by atoms with van der Waals surface area (Å²) in [6, 6.07) is 7.49. The third-order valence-electron chi connectivity index (χ3n) is 6.27. The average molecular weight is 401 g/mol.